The lowest BCUT2D eigenvalue weighted by molar-refractivity contribution is 0.0697. The van der Waals surface area contributed by atoms with Crippen LogP contribution in [0.15, 0.2) is 24.3 Å². The number of carbonyl (C=O) groups is 2. The first kappa shape index (κ1) is 11.4. The van der Waals surface area contributed by atoms with Crippen LogP contribution in [0, 0.1) is 0 Å². The van der Waals surface area contributed by atoms with Gasteiger partial charge in [-0.2, -0.15) is 0 Å². The van der Waals surface area contributed by atoms with Crippen LogP contribution in [0.4, 0.5) is 10.5 Å². The molecular formula is C12H14N2O3. The lowest BCUT2D eigenvalue weighted by atomic mass is 10.2. The molecule has 1 fully saturated rings. The van der Waals surface area contributed by atoms with Gasteiger partial charge in [0.25, 0.3) is 0 Å². The number of benzene rings is 1. The summed E-state index contributed by atoms with van der Waals surface area (Å²) in [5.41, 5.74) is 0.715. The molecule has 1 aromatic carbocycles. The molecule has 17 heavy (non-hydrogen) atoms. The zero-order valence-electron chi connectivity index (χ0n) is 9.49. The molecule has 0 radical (unpaired) electrons. The molecule has 0 saturated heterocycles. The highest BCUT2D eigenvalue weighted by atomic mass is 16.4. The van der Waals surface area contributed by atoms with E-state index in [0.717, 1.165) is 12.8 Å². The number of urea groups is 1. The summed E-state index contributed by atoms with van der Waals surface area (Å²) >= 11 is 0. The van der Waals surface area contributed by atoms with Gasteiger partial charge in [0.05, 0.1) is 5.56 Å². The van der Waals surface area contributed by atoms with Crippen LogP contribution in [0.25, 0.3) is 0 Å². The number of amides is 2. The number of aromatic carboxylic acids is 1. The normalized spacial score (nSPS) is 16.1. The van der Waals surface area contributed by atoms with Crippen LogP contribution < -0.4 is 10.6 Å². The fourth-order valence-corrected chi connectivity index (χ4v) is 1.45. The Hall–Kier alpha value is -2.04. The van der Waals surface area contributed by atoms with Crippen LogP contribution >= 0.6 is 0 Å². The molecule has 0 bridgehead atoms. The highest BCUT2D eigenvalue weighted by Crippen LogP contribution is 2.34. The molecule has 1 aliphatic carbocycles. The van der Waals surface area contributed by atoms with Crippen LogP contribution in [0.1, 0.15) is 30.1 Å². The minimum atomic E-state index is -0.980. The van der Waals surface area contributed by atoms with Gasteiger partial charge in [0.1, 0.15) is 0 Å². The first-order valence-electron chi connectivity index (χ1n) is 5.41. The fourth-order valence-electron chi connectivity index (χ4n) is 1.45. The number of nitrogens with one attached hydrogen (secondary N) is 2. The average molecular weight is 234 g/mol. The minimum absolute atomic E-state index is 0.0644. The third-order valence-corrected chi connectivity index (χ3v) is 2.81. The van der Waals surface area contributed by atoms with Gasteiger partial charge in [-0.05, 0) is 44.0 Å². The molecule has 0 spiro atoms. The van der Waals surface area contributed by atoms with Crippen molar-refractivity contribution in [1.29, 1.82) is 0 Å². The molecule has 0 unspecified atom stereocenters. The molecule has 1 aromatic rings. The Bertz CT molecular complexity index is 449. The van der Waals surface area contributed by atoms with Crippen molar-refractivity contribution in [1.82, 2.24) is 5.32 Å². The van der Waals surface area contributed by atoms with Gasteiger partial charge >= 0.3 is 12.0 Å². The van der Waals surface area contributed by atoms with Gasteiger partial charge < -0.3 is 15.7 Å². The van der Waals surface area contributed by atoms with Crippen molar-refractivity contribution in [3.8, 4) is 0 Å². The molecule has 0 atom stereocenters. The lowest BCUT2D eigenvalue weighted by Crippen LogP contribution is -2.37. The number of anilines is 1. The molecule has 0 heterocycles. The third-order valence-electron chi connectivity index (χ3n) is 2.81. The molecule has 2 amide bonds. The van der Waals surface area contributed by atoms with Gasteiger partial charge in [0, 0.05) is 11.2 Å². The fraction of sp³-hybridized carbons (Fsp3) is 0.333. The molecular weight excluding hydrogens is 220 g/mol. The topological polar surface area (TPSA) is 78.4 Å². The number of rotatable bonds is 3. The van der Waals surface area contributed by atoms with Gasteiger partial charge in [-0.25, -0.2) is 9.59 Å². The maximum Gasteiger partial charge on any atom is 0.335 e. The van der Waals surface area contributed by atoms with Crippen molar-refractivity contribution in [2.24, 2.45) is 0 Å². The summed E-state index contributed by atoms with van der Waals surface area (Å²) in [5, 5.41) is 14.2. The van der Waals surface area contributed by atoms with E-state index in [9.17, 15) is 9.59 Å². The van der Waals surface area contributed by atoms with E-state index in [-0.39, 0.29) is 17.1 Å². The minimum Gasteiger partial charge on any atom is -0.478 e. The van der Waals surface area contributed by atoms with E-state index in [4.69, 9.17) is 5.11 Å². The Labute approximate surface area is 98.8 Å². The molecule has 1 saturated carbocycles. The number of hydrogen-bond acceptors (Lipinski definition) is 2. The maximum atomic E-state index is 11.5. The smallest absolute Gasteiger partial charge is 0.335 e. The van der Waals surface area contributed by atoms with Crippen molar-refractivity contribution in [2.45, 2.75) is 25.3 Å². The highest BCUT2D eigenvalue weighted by molar-refractivity contribution is 5.92. The van der Waals surface area contributed by atoms with Gasteiger partial charge in [0.15, 0.2) is 0 Å². The Balaban J connectivity index is 1.94. The Morgan fingerprint density at radius 3 is 2.29 bits per heavy atom. The summed E-state index contributed by atoms with van der Waals surface area (Å²) < 4.78 is 0. The summed E-state index contributed by atoms with van der Waals surface area (Å²) in [6.07, 6.45) is 2.00. The SMILES string of the molecule is CC1(NC(=O)Nc2ccc(C(=O)O)cc2)CC1. The van der Waals surface area contributed by atoms with Crippen molar-refractivity contribution in [3.05, 3.63) is 29.8 Å². The van der Waals surface area contributed by atoms with Crippen LogP contribution in [0.3, 0.4) is 0 Å². The second-order valence-corrected chi connectivity index (χ2v) is 4.52. The Morgan fingerprint density at radius 1 is 1.24 bits per heavy atom. The summed E-state index contributed by atoms with van der Waals surface area (Å²) in [6.45, 7) is 1.99. The van der Waals surface area contributed by atoms with Crippen molar-refractivity contribution in [3.63, 3.8) is 0 Å². The standard InChI is InChI=1S/C12H14N2O3/c1-12(6-7-12)14-11(17)13-9-4-2-8(3-5-9)10(15)16/h2-5H,6-7H2,1H3,(H,15,16)(H2,13,14,17). The molecule has 90 valence electrons. The summed E-state index contributed by atoms with van der Waals surface area (Å²) in [6, 6.07) is 5.79. The van der Waals surface area contributed by atoms with Crippen LogP contribution in [-0.4, -0.2) is 22.6 Å². The summed E-state index contributed by atoms with van der Waals surface area (Å²) in [4.78, 5) is 22.2. The largest absolute Gasteiger partial charge is 0.478 e. The van der Waals surface area contributed by atoms with Gasteiger partial charge in [-0.1, -0.05) is 0 Å². The van der Waals surface area contributed by atoms with Crippen molar-refractivity contribution >= 4 is 17.7 Å². The second-order valence-electron chi connectivity index (χ2n) is 4.52. The molecule has 3 N–H and O–H groups in total. The van der Waals surface area contributed by atoms with E-state index in [1.807, 2.05) is 6.92 Å². The van der Waals surface area contributed by atoms with Crippen LogP contribution in [-0.2, 0) is 0 Å². The van der Waals surface area contributed by atoms with E-state index in [0.29, 0.717) is 5.69 Å². The first-order valence-corrected chi connectivity index (χ1v) is 5.41. The van der Waals surface area contributed by atoms with Crippen molar-refractivity contribution < 1.29 is 14.7 Å². The van der Waals surface area contributed by atoms with Gasteiger partial charge in [0.2, 0.25) is 0 Å². The number of carboxylic acid groups (broad SMARTS) is 1. The second kappa shape index (κ2) is 4.08. The molecule has 5 nitrogen and oxygen atoms in total. The highest BCUT2D eigenvalue weighted by Gasteiger charge is 2.38. The summed E-state index contributed by atoms with van der Waals surface area (Å²) in [7, 11) is 0. The predicted molar refractivity (Wildman–Crippen MR) is 63.2 cm³/mol. The maximum absolute atomic E-state index is 11.5. The van der Waals surface area contributed by atoms with E-state index >= 15 is 0 Å². The Kier molecular flexibility index (Phi) is 2.75. The quantitative estimate of drug-likeness (QED) is 0.749. The van der Waals surface area contributed by atoms with Crippen molar-refractivity contribution in [2.75, 3.05) is 5.32 Å². The average Bonchev–Trinajstić information content (AvgIpc) is 2.96. The lowest BCUT2D eigenvalue weighted by Gasteiger charge is -2.12. The van der Waals surface area contributed by atoms with Gasteiger partial charge in [-0.3, -0.25) is 0 Å². The predicted octanol–water partition coefficient (Wildman–Crippen LogP) is 2.06. The van der Waals surface area contributed by atoms with E-state index in [1.165, 1.54) is 12.1 Å². The zero-order chi connectivity index (χ0) is 12.5. The third kappa shape index (κ3) is 2.96. The van der Waals surface area contributed by atoms with E-state index < -0.39 is 5.97 Å². The monoisotopic (exact) mass is 234 g/mol. The first-order chi connectivity index (χ1) is 7.98. The molecule has 5 heteroatoms. The number of carboxylic acids is 1. The van der Waals surface area contributed by atoms with Crippen LogP contribution in [0.5, 0.6) is 0 Å². The summed E-state index contributed by atoms with van der Waals surface area (Å²) in [5.74, 6) is -0.980. The van der Waals surface area contributed by atoms with E-state index in [2.05, 4.69) is 10.6 Å². The molecule has 1 aliphatic rings. The molecule has 0 aromatic heterocycles. The molecule has 2 rings (SSSR count). The Morgan fingerprint density at radius 2 is 1.82 bits per heavy atom. The zero-order valence-corrected chi connectivity index (χ0v) is 9.49. The number of hydrogen-bond donors (Lipinski definition) is 3. The number of carbonyl (C=O) groups excluding carboxylic acids is 1. The molecule has 0 aliphatic heterocycles. The van der Waals surface area contributed by atoms with E-state index in [1.54, 1.807) is 12.1 Å². The van der Waals surface area contributed by atoms with Crippen LogP contribution in [0.2, 0.25) is 0 Å². The van der Waals surface area contributed by atoms with Gasteiger partial charge in [-0.15, -0.1) is 0 Å².